The van der Waals surface area contributed by atoms with Crippen molar-refractivity contribution in [1.82, 2.24) is 18.9 Å². The molecule has 0 N–H and O–H groups in total. The van der Waals surface area contributed by atoms with Gasteiger partial charge in [0.1, 0.15) is 6.33 Å². The minimum Gasteiger partial charge on any atom is -0.466 e. The highest BCUT2D eigenvalue weighted by Gasteiger charge is 2.28. The molecule has 130 valence electrons. The van der Waals surface area contributed by atoms with Crippen LogP contribution in [0.25, 0.3) is 11.0 Å². The molecular weight excluding hydrogens is 441 g/mol. The molecule has 1 aliphatic rings. The molecule has 0 aliphatic carbocycles. The van der Waals surface area contributed by atoms with Crippen LogP contribution in [0.3, 0.4) is 0 Å². The highest BCUT2D eigenvalue weighted by atomic mass is 127. The fourth-order valence-corrected chi connectivity index (χ4v) is 4.30. The second kappa shape index (κ2) is 7.87. The van der Waals surface area contributed by atoms with E-state index in [4.69, 9.17) is 4.74 Å². The minimum absolute atomic E-state index is 0.0107. The molecule has 0 atom stereocenters. The lowest BCUT2D eigenvalue weighted by Gasteiger charge is -2.37. The van der Waals surface area contributed by atoms with Gasteiger partial charge in [-0.15, -0.1) is 0 Å². The van der Waals surface area contributed by atoms with Crippen molar-refractivity contribution in [2.45, 2.75) is 19.8 Å². The van der Waals surface area contributed by atoms with E-state index in [-0.39, 0.29) is 11.9 Å². The molecule has 1 aliphatic heterocycles. The third-order valence-corrected chi connectivity index (χ3v) is 6.04. The number of halogens is 1. The van der Waals surface area contributed by atoms with Crippen molar-refractivity contribution in [3.05, 3.63) is 18.6 Å². The number of carbonyl (C=O) groups is 1. The molecule has 0 saturated carbocycles. The zero-order valence-corrected chi connectivity index (χ0v) is 16.7. The van der Waals surface area contributed by atoms with E-state index in [0.29, 0.717) is 6.61 Å². The third kappa shape index (κ3) is 3.47. The number of hydrogen-bond donors (Lipinski definition) is 0. The first-order chi connectivity index (χ1) is 11.7. The summed E-state index contributed by atoms with van der Waals surface area (Å²) in [5.74, 6) is 0.829. The summed E-state index contributed by atoms with van der Waals surface area (Å²) in [6, 6.07) is 2.04. The van der Waals surface area contributed by atoms with Gasteiger partial charge < -0.3 is 4.74 Å². The Bertz CT molecular complexity index is 717. The van der Waals surface area contributed by atoms with Gasteiger partial charge in [0.15, 0.2) is 11.5 Å². The quantitative estimate of drug-likeness (QED) is 0.501. The Hall–Kier alpha value is -1.07. The Kier molecular flexibility index (Phi) is 5.82. The molecule has 7 nitrogen and oxygen atoms in total. The van der Waals surface area contributed by atoms with Gasteiger partial charge in [0.2, 0.25) is 0 Å². The van der Waals surface area contributed by atoms with E-state index in [1.54, 1.807) is 15.4 Å². The molecule has 3 heterocycles. The minimum atomic E-state index is -0.0691. The van der Waals surface area contributed by atoms with Crippen molar-refractivity contribution < 1.29 is 9.53 Å². The lowest BCUT2D eigenvalue weighted by Crippen LogP contribution is -2.46. The first kappa shape index (κ1) is 17.7. The van der Waals surface area contributed by atoms with Gasteiger partial charge >= 0.3 is 5.97 Å². The van der Waals surface area contributed by atoms with E-state index in [0.717, 1.165) is 42.8 Å². The SMILES string of the molecule is CCOC(=O)C1CCN(N(C)c2ncnc3c2ccn3SI)CC1. The van der Waals surface area contributed by atoms with E-state index in [1.165, 1.54) is 0 Å². The zero-order valence-electron chi connectivity index (χ0n) is 13.7. The molecule has 0 amide bonds. The summed E-state index contributed by atoms with van der Waals surface area (Å²) in [7, 11) is 3.60. The molecule has 24 heavy (non-hydrogen) atoms. The maximum atomic E-state index is 11.9. The van der Waals surface area contributed by atoms with Crippen LogP contribution >= 0.6 is 30.3 Å². The van der Waals surface area contributed by atoms with Crippen molar-refractivity contribution in [2.75, 3.05) is 31.8 Å². The molecule has 2 aromatic heterocycles. The van der Waals surface area contributed by atoms with Gasteiger partial charge in [-0.3, -0.25) is 13.8 Å². The topological polar surface area (TPSA) is 63.5 Å². The lowest BCUT2D eigenvalue weighted by atomic mass is 9.98. The molecule has 0 radical (unpaired) electrons. The highest BCUT2D eigenvalue weighted by molar-refractivity contribution is 14.2. The number of nitrogens with zero attached hydrogens (tertiary/aromatic N) is 5. The smallest absolute Gasteiger partial charge is 0.309 e. The second-order valence-corrected chi connectivity index (χ2v) is 7.36. The molecule has 0 spiro atoms. The van der Waals surface area contributed by atoms with E-state index < -0.39 is 0 Å². The van der Waals surface area contributed by atoms with Gasteiger partial charge in [-0.05, 0) is 25.8 Å². The molecule has 1 fully saturated rings. The molecule has 2 aromatic rings. The highest BCUT2D eigenvalue weighted by Crippen LogP contribution is 2.30. The molecule has 0 aromatic carbocycles. The third-order valence-electron chi connectivity index (χ3n) is 4.32. The van der Waals surface area contributed by atoms with Crippen LogP contribution < -0.4 is 5.01 Å². The Labute approximate surface area is 157 Å². The van der Waals surface area contributed by atoms with Crippen LogP contribution in [0, 0.1) is 5.92 Å². The number of anilines is 1. The first-order valence-corrected chi connectivity index (χ1v) is 11.2. The average Bonchev–Trinajstić information content (AvgIpc) is 3.04. The number of fused-ring (bicyclic) bond motifs is 1. The predicted molar refractivity (Wildman–Crippen MR) is 104 cm³/mol. The molecular formula is C15H20IN5O2S. The van der Waals surface area contributed by atoms with Crippen molar-refractivity contribution in [3.63, 3.8) is 0 Å². The number of aromatic nitrogens is 3. The van der Waals surface area contributed by atoms with Crippen LogP contribution in [0.15, 0.2) is 18.6 Å². The molecule has 0 unspecified atom stereocenters. The summed E-state index contributed by atoms with van der Waals surface area (Å²) in [6.45, 7) is 3.92. The Morgan fingerprint density at radius 3 is 2.88 bits per heavy atom. The summed E-state index contributed by atoms with van der Waals surface area (Å²) in [4.78, 5) is 20.7. The summed E-state index contributed by atoms with van der Waals surface area (Å²) < 4.78 is 7.15. The summed E-state index contributed by atoms with van der Waals surface area (Å²) in [5, 5.41) is 5.33. The van der Waals surface area contributed by atoms with Crippen molar-refractivity contribution in [2.24, 2.45) is 5.92 Å². The maximum absolute atomic E-state index is 11.9. The number of hydrazine groups is 1. The largest absolute Gasteiger partial charge is 0.466 e. The number of esters is 1. The lowest BCUT2D eigenvalue weighted by molar-refractivity contribution is -0.149. The zero-order chi connectivity index (χ0) is 17.1. The second-order valence-electron chi connectivity index (χ2n) is 5.65. The maximum Gasteiger partial charge on any atom is 0.309 e. The van der Waals surface area contributed by atoms with E-state index in [9.17, 15) is 4.79 Å². The monoisotopic (exact) mass is 461 g/mol. The van der Waals surface area contributed by atoms with Gasteiger partial charge in [0.25, 0.3) is 0 Å². The number of rotatable bonds is 5. The molecule has 1 saturated heterocycles. The average molecular weight is 461 g/mol. The Balaban J connectivity index is 1.73. The van der Waals surface area contributed by atoms with Crippen LogP contribution in [-0.4, -0.2) is 51.7 Å². The van der Waals surface area contributed by atoms with Gasteiger partial charge in [-0.1, -0.05) is 0 Å². The summed E-state index contributed by atoms with van der Waals surface area (Å²) in [5.41, 5.74) is 0.910. The van der Waals surface area contributed by atoms with Gasteiger partial charge in [0.05, 0.1) is 17.9 Å². The standard InChI is InChI=1S/C15H20IN5O2S/c1-3-23-15(22)11-4-7-20(8-5-11)19(2)13-12-6-9-21(24-16)14(12)18-10-17-13/h6,9-11H,3-5,7-8H2,1-2H3. The van der Waals surface area contributed by atoms with Gasteiger partial charge in [0, 0.05) is 56.7 Å². The van der Waals surface area contributed by atoms with Gasteiger partial charge in [-0.25, -0.2) is 15.0 Å². The molecule has 3 rings (SSSR count). The van der Waals surface area contributed by atoms with Crippen molar-refractivity contribution >= 4 is 53.1 Å². The number of piperidine rings is 1. The summed E-state index contributed by atoms with van der Waals surface area (Å²) >= 11 is 2.24. The van der Waals surface area contributed by atoms with E-state index in [1.807, 2.05) is 30.2 Å². The van der Waals surface area contributed by atoms with Crippen molar-refractivity contribution in [1.29, 1.82) is 0 Å². The van der Waals surface area contributed by atoms with E-state index in [2.05, 4.69) is 41.2 Å². The van der Waals surface area contributed by atoms with Crippen LogP contribution in [-0.2, 0) is 9.53 Å². The van der Waals surface area contributed by atoms with Crippen LogP contribution in [0.5, 0.6) is 0 Å². The first-order valence-electron chi connectivity index (χ1n) is 7.92. The molecule has 0 bridgehead atoms. The molecule has 9 heteroatoms. The Morgan fingerprint density at radius 2 is 2.21 bits per heavy atom. The number of ether oxygens (including phenoxy) is 1. The summed E-state index contributed by atoms with van der Waals surface area (Å²) in [6.07, 6.45) is 5.22. The fourth-order valence-electron chi connectivity index (χ4n) is 3.02. The van der Waals surface area contributed by atoms with Gasteiger partial charge in [-0.2, -0.15) is 0 Å². The van der Waals surface area contributed by atoms with Crippen molar-refractivity contribution in [3.8, 4) is 0 Å². The number of carbonyl (C=O) groups excluding carboxylic acids is 1. The fraction of sp³-hybridized carbons (Fsp3) is 0.533. The van der Waals surface area contributed by atoms with E-state index >= 15 is 0 Å². The van der Waals surface area contributed by atoms with Crippen LogP contribution in [0.2, 0.25) is 0 Å². The Morgan fingerprint density at radius 1 is 1.46 bits per heavy atom. The van der Waals surface area contributed by atoms with Crippen LogP contribution in [0.1, 0.15) is 19.8 Å². The number of hydrogen-bond acceptors (Lipinski definition) is 7. The normalized spacial score (nSPS) is 16.5. The predicted octanol–water partition coefficient (Wildman–Crippen LogP) is 2.90. The van der Waals surface area contributed by atoms with Crippen LogP contribution in [0.4, 0.5) is 5.82 Å².